The Morgan fingerprint density at radius 1 is 1.42 bits per heavy atom. The summed E-state index contributed by atoms with van der Waals surface area (Å²) in [6, 6.07) is -0.847. The predicted octanol–water partition coefficient (Wildman–Crippen LogP) is -0.513. The summed E-state index contributed by atoms with van der Waals surface area (Å²) in [5.74, 6) is -1.42. The molecule has 0 aliphatic heterocycles. The van der Waals surface area contributed by atoms with Crippen LogP contribution >= 0.6 is 0 Å². The van der Waals surface area contributed by atoms with Gasteiger partial charge in [-0.3, -0.25) is 9.59 Å². The summed E-state index contributed by atoms with van der Waals surface area (Å²) in [5.41, 5.74) is 5.54. The van der Waals surface area contributed by atoms with Crippen LogP contribution < -0.4 is 11.1 Å². The van der Waals surface area contributed by atoms with E-state index in [1.165, 1.54) is 14.2 Å². The van der Waals surface area contributed by atoms with Crippen molar-refractivity contribution in [3.8, 4) is 0 Å². The molecule has 0 aromatic rings. The second-order valence-electron chi connectivity index (χ2n) is 3.97. The molecular formula is C10H18F3N3O3. The zero-order chi connectivity index (χ0) is 15.1. The third-order valence-electron chi connectivity index (χ3n) is 2.19. The summed E-state index contributed by atoms with van der Waals surface area (Å²) in [6.45, 7) is -1.62. The van der Waals surface area contributed by atoms with Crippen LogP contribution in [0.1, 0.15) is 6.42 Å². The minimum absolute atomic E-state index is 0.268. The molecule has 0 aliphatic rings. The maximum absolute atomic E-state index is 11.9. The number of carbonyl (C=O) groups excluding carboxylic acids is 2. The minimum Gasteiger partial charge on any atom is -0.385 e. The van der Waals surface area contributed by atoms with E-state index in [-0.39, 0.29) is 13.0 Å². The van der Waals surface area contributed by atoms with Crippen molar-refractivity contribution in [1.82, 2.24) is 10.2 Å². The predicted molar refractivity (Wildman–Crippen MR) is 61.2 cm³/mol. The van der Waals surface area contributed by atoms with E-state index < -0.39 is 37.1 Å². The molecule has 112 valence electrons. The van der Waals surface area contributed by atoms with Crippen molar-refractivity contribution >= 4 is 11.8 Å². The van der Waals surface area contributed by atoms with Crippen LogP contribution in [0.5, 0.6) is 0 Å². The minimum atomic E-state index is -4.48. The lowest BCUT2D eigenvalue weighted by atomic mass is 10.2. The fraction of sp³-hybridized carbons (Fsp3) is 0.800. The molecular weight excluding hydrogens is 267 g/mol. The maximum Gasteiger partial charge on any atom is 0.405 e. The Labute approximate surface area is 109 Å². The van der Waals surface area contributed by atoms with Gasteiger partial charge in [-0.05, 0) is 6.42 Å². The van der Waals surface area contributed by atoms with Gasteiger partial charge in [0.1, 0.15) is 6.54 Å². The van der Waals surface area contributed by atoms with E-state index in [1.807, 2.05) is 0 Å². The van der Waals surface area contributed by atoms with Crippen molar-refractivity contribution in [2.24, 2.45) is 5.73 Å². The number of methoxy groups -OCH3 is 1. The molecule has 0 heterocycles. The normalized spacial score (nSPS) is 12.9. The second-order valence-corrected chi connectivity index (χ2v) is 3.97. The Kier molecular flexibility index (Phi) is 7.38. The third kappa shape index (κ3) is 8.38. The van der Waals surface area contributed by atoms with Crippen LogP contribution in [0.15, 0.2) is 0 Å². The van der Waals surface area contributed by atoms with Crippen molar-refractivity contribution in [3.63, 3.8) is 0 Å². The number of hydrogen-bond acceptors (Lipinski definition) is 4. The van der Waals surface area contributed by atoms with E-state index in [9.17, 15) is 22.8 Å². The van der Waals surface area contributed by atoms with Crippen molar-refractivity contribution in [1.29, 1.82) is 0 Å². The summed E-state index contributed by atoms with van der Waals surface area (Å²) >= 11 is 0. The summed E-state index contributed by atoms with van der Waals surface area (Å²) in [5, 5.41) is 1.67. The van der Waals surface area contributed by atoms with Gasteiger partial charge in [0.15, 0.2) is 0 Å². The average Bonchev–Trinajstić information content (AvgIpc) is 2.31. The molecule has 0 aliphatic carbocycles. The zero-order valence-corrected chi connectivity index (χ0v) is 10.8. The van der Waals surface area contributed by atoms with Crippen molar-refractivity contribution in [3.05, 3.63) is 0 Å². The smallest absolute Gasteiger partial charge is 0.385 e. The van der Waals surface area contributed by atoms with Gasteiger partial charge >= 0.3 is 6.18 Å². The van der Waals surface area contributed by atoms with E-state index in [1.54, 1.807) is 5.32 Å². The lowest BCUT2D eigenvalue weighted by Gasteiger charge is -2.20. The van der Waals surface area contributed by atoms with Gasteiger partial charge in [0.25, 0.3) is 0 Å². The molecule has 0 spiro atoms. The van der Waals surface area contributed by atoms with Gasteiger partial charge in [-0.15, -0.1) is 0 Å². The Bertz CT molecular complexity index is 310. The van der Waals surface area contributed by atoms with Crippen LogP contribution in [-0.4, -0.2) is 62.8 Å². The number of amides is 2. The monoisotopic (exact) mass is 285 g/mol. The fourth-order valence-electron chi connectivity index (χ4n) is 1.20. The number of likely N-dealkylation sites (N-methyl/N-ethyl adjacent to an activating group) is 1. The number of ether oxygens (including phenoxy) is 1. The standard InChI is InChI=1S/C10H18F3N3O3/c1-16(9(18)7(14)3-4-19-2)5-8(17)15-6-10(11,12)13/h7H,3-6,14H2,1-2H3,(H,15,17). The molecule has 3 N–H and O–H groups in total. The van der Waals surface area contributed by atoms with Crippen LogP contribution in [0.4, 0.5) is 13.2 Å². The second kappa shape index (κ2) is 7.95. The Morgan fingerprint density at radius 3 is 2.47 bits per heavy atom. The number of carbonyl (C=O) groups is 2. The van der Waals surface area contributed by atoms with Crippen molar-refractivity contribution < 1.29 is 27.5 Å². The van der Waals surface area contributed by atoms with Gasteiger partial charge in [0, 0.05) is 20.8 Å². The number of halogens is 3. The average molecular weight is 285 g/mol. The summed E-state index contributed by atoms with van der Waals surface area (Å²) in [7, 11) is 2.74. The Hall–Kier alpha value is -1.35. The molecule has 0 aromatic heterocycles. The van der Waals surface area contributed by atoms with Crippen LogP contribution in [-0.2, 0) is 14.3 Å². The molecule has 0 rings (SSSR count). The molecule has 6 nitrogen and oxygen atoms in total. The summed E-state index contributed by atoms with van der Waals surface area (Å²) in [6.07, 6.45) is -4.21. The van der Waals surface area contributed by atoms with Crippen LogP contribution in [0, 0.1) is 0 Å². The molecule has 19 heavy (non-hydrogen) atoms. The number of hydrogen-bond donors (Lipinski definition) is 2. The molecule has 0 saturated carbocycles. The van der Waals surface area contributed by atoms with Gasteiger partial charge in [0.05, 0.1) is 12.6 Å². The molecule has 1 unspecified atom stereocenters. The first kappa shape index (κ1) is 17.6. The molecule has 0 bridgehead atoms. The van der Waals surface area contributed by atoms with E-state index in [0.717, 1.165) is 4.90 Å². The largest absolute Gasteiger partial charge is 0.405 e. The first-order valence-electron chi connectivity index (χ1n) is 5.50. The van der Waals surface area contributed by atoms with Crippen molar-refractivity contribution in [2.75, 3.05) is 33.9 Å². The SMILES string of the molecule is COCCC(N)C(=O)N(C)CC(=O)NCC(F)(F)F. The number of alkyl halides is 3. The van der Waals surface area contributed by atoms with E-state index >= 15 is 0 Å². The first-order valence-corrected chi connectivity index (χ1v) is 5.50. The van der Waals surface area contributed by atoms with Gasteiger partial charge < -0.3 is 20.7 Å². The number of nitrogens with one attached hydrogen (secondary N) is 1. The third-order valence-corrected chi connectivity index (χ3v) is 2.19. The number of nitrogens with two attached hydrogens (primary N) is 1. The number of rotatable bonds is 7. The topological polar surface area (TPSA) is 84.7 Å². The molecule has 9 heteroatoms. The fourth-order valence-corrected chi connectivity index (χ4v) is 1.20. The molecule has 0 aromatic carbocycles. The Balaban J connectivity index is 4.10. The molecule has 1 atom stereocenters. The van der Waals surface area contributed by atoms with E-state index in [4.69, 9.17) is 10.5 Å². The van der Waals surface area contributed by atoms with Gasteiger partial charge in [-0.2, -0.15) is 13.2 Å². The van der Waals surface area contributed by atoms with Gasteiger partial charge in [-0.1, -0.05) is 0 Å². The van der Waals surface area contributed by atoms with Crippen LogP contribution in [0.25, 0.3) is 0 Å². The van der Waals surface area contributed by atoms with Crippen LogP contribution in [0.2, 0.25) is 0 Å². The molecule has 2 amide bonds. The lowest BCUT2D eigenvalue weighted by molar-refractivity contribution is -0.142. The van der Waals surface area contributed by atoms with Crippen molar-refractivity contribution in [2.45, 2.75) is 18.6 Å². The highest BCUT2D eigenvalue weighted by molar-refractivity contribution is 5.87. The van der Waals surface area contributed by atoms with E-state index in [2.05, 4.69) is 0 Å². The molecule has 0 saturated heterocycles. The first-order chi connectivity index (χ1) is 8.67. The highest BCUT2D eigenvalue weighted by Crippen LogP contribution is 2.11. The maximum atomic E-state index is 11.9. The summed E-state index contributed by atoms with van der Waals surface area (Å²) < 4.78 is 40.3. The highest BCUT2D eigenvalue weighted by Gasteiger charge is 2.28. The van der Waals surface area contributed by atoms with Crippen LogP contribution in [0.3, 0.4) is 0 Å². The lowest BCUT2D eigenvalue weighted by Crippen LogP contribution is -2.47. The number of nitrogens with zero attached hydrogens (tertiary/aromatic N) is 1. The quantitative estimate of drug-likeness (QED) is 0.659. The molecule has 0 fully saturated rings. The van der Waals surface area contributed by atoms with Gasteiger partial charge in [0.2, 0.25) is 11.8 Å². The zero-order valence-electron chi connectivity index (χ0n) is 10.8. The molecule has 0 radical (unpaired) electrons. The van der Waals surface area contributed by atoms with Gasteiger partial charge in [-0.25, -0.2) is 0 Å². The highest BCUT2D eigenvalue weighted by atomic mass is 19.4. The van der Waals surface area contributed by atoms with E-state index in [0.29, 0.717) is 0 Å². The summed E-state index contributed by atoms with van der Waals surface area (Å²) in [4.78, 5) is 23.8. The Morgan fingerprint density at radius 2 is 2.00 bits per heavy atom.